The molecular weight excluding hydrogens is 369 g/mol. The van der Waals surface area contributed by atoms with Crippen molar-refractivity contribution in [1.29, 1.82) is 0 Å². The van der Waals surface area contributed by atoms with Crippen LogP contribution >= 0.6 is 11.6 Å². The average Bonchev–Trinajstić information content (AvgIpc) is 2.56. The number of benzene rings is 2. The first-order chi connectivity index (χ1) is 12.3. The fourth-order valence-corrected chi connectivity index (χ4v) is 2.43. The van der Waals surface area contributed by atoms with E-state index in [4.69, 9.17) is 11.6 Å². The molecule has 0 bridgehead atoms. The summed E-state index contributed by atoms with van der Waals surface area (Å²) in [6, 6.07) is 12.4. The zero-order valence-corrected chi connectivity index (χ0v) is 14.3. The number of halogens is 4. The molecule has 4 nitrogen and oxygen atoms in total. The number of hydrogen-bond donors (Lipinski definition) is 2. The lowest BCUT2D eigenvalue weighted by Crippen LogP contribution is -2.30. The lowest BCUT2D eigenvalue weighted by Gasteiger charge is -2.14. The summed E-state index contributed by atoms with van der Waals surface area (Å²) < 4.78 is 38.9. The van der Waals surface area contributed by atoms with E-state index in [1.54, 1.807) is 0 Å². The van der Waals surface area contributed by atoms with E-state index in [0.717, 1.165) is 17.7 Å². The van der Waals surface area contributed by atoms with Crippen molar-refractivity contribution in [1.82, 2.24) is 5.32 Å². The lowest BCUT2D eigenvalue weighted by atomic mass is 10.1. The maximum Gasteiger partial charge on any atom is 0.418 e. The zero-order valence-electron chi connectivity index (χ0n) is 13.6. The predicted octanol–water partition coefficient (Wildman–Crippen LogP) is 4.05. The smallest absolute Gasteiger partial charge is 0.355 e. The number of anilines is 1. The molecule has 8 heteroatoms. The highest BCUT2D eigenvalue weighted by Gasteiger charge is 2.34. The van der Waals surface area contributed by atoms with Crippen LogP contribution in [0.1, 0.15) is 17.5 Å². The summed E-state index contributed by atoms with van der Waals surface area (Å²) in [5.74, 6) is -1.41. The summed E-state index contributed by atoms with van der Waals surface area (Å²) in [7, 11) is 0. The van der Waals surface area contributed by atoms with Gasteiger partial charge in [0.1, 0.15) is 6.42 Å². The summed E-state index contributed by atoms with van der Waals surface area (Å²) in [4.78, 5) is 23.6. The van der Waals surface area contributed by atoms with E-state index < -0.39 is 35.7 Å². The number of alkyl halides is 3. The SMILES string of the molecule is O=C(CC(=O)Nc1ccc(Cl)cc1C(F)(F)F)NCCc1ccccc1. The molecule has 138 valence electrons. The Labute approximate surface area is 153 Å². The van der Waals surface area contributed by atoms with Gasteiger partial charge in [-0.15, -0.1) is 0 Å². The average molecular weight is 385 g/mol. The standard InChI is InChI=1S/C18H16ClF3N2O2/c19-13-6-7-15(14(10-13)18(20,21)22)24-17(26)11-16(25)23-9-8-12-4-2-1-3-5-12/h1-7,10H,8-9,11H2,(H,23,25)(H,24,26). The third-order valence-corrected chi connectivity index (χ3v) is 3.70. The topological polar surface area (TPSA) is 58.2 Å². The minimum Gasteiger partial charge on any atom is -0.355 e. The van der Waals surface area contributed by atoms with E-state index in [1.807, 2.05) is 30.3 Å². The predicted molar refractivity (Wildman–Crippen MR) is 92.9 cm³/mol. The molecule has 0 unspecified atom stereocenters. The maximum atomic E-state index is 13.0. The third kappa shape index (κ3) is 6.07. The van der Waals surface area contributed by atoms with Gasteiger partial charge in [-0.2, -0.15) is 13.2 Å². The number of rotatable bonds is 6. The van der Waals surface area contributed by atoms with Crippen molar-refractivity contribution >= 4 is 29.1 Å². The van der Waals surface area contributed by atoms with Crippen LogP contribution in [0.2, 0.25) is 5.02 Å². The van der Waals surface area contributed by atoms with E-state index in [9.17, 15) is 22.8 Å². The first-order valence-electron chi connectivity index (χ1n) is 7.73. The zero-order chi connectivity index (χ0) is 19.2. The van der Waals surface area contributed by atoms with E-state index >= 15 is 0 Å². The van der Waals surface area contributed by atoms with Crippen LogP contribution in [0.4, 0.5) is 18.9 Å². The Hall–Kier alpha value is -2.54. The number of hydrogen-bond acceptors (Lipinski definition) is 2. The monoisotopic (exact) mass is 384 g/mol. The molecule has 0 saturated carbocycles. The van der Waals surface area contributed by atoms with Crippen molar-refractivity contribution in [3.8, 4) is 0 Å². The quantitative estimate of drug-likeness (QED) is 0.738. The van der Waals surface area contributed by atoms with Gasteiger partial charge < -0.3 is 10.6 Å². The molecule has 0 radical (unpaired) electrons. The molecular formula is C18H16ClF3N2O2. The van der Waals surface area contributed by atoms with Crippen LogP contribution in [0.15, 0.2) is 48.5 Å². The Bertz CT molecular complexity index is 780. The van der Waals surface area contributed by atoms with Gasteiger partial charge in [0, 0.05) is 11.6 Å². The Balaban J connectivity index is 1.87. The molecule has 2 rings (SSSR count). The Morgan fingerprint density at radius 3 is 2.35 bits per heavy atom. The normalized spacial score (nSPS) is 11.1. The van der Waals surface area contributed by atoms with E-state index in [-0.39, 0.29) is 5.02 Å². The van der Waals surface area contributed by atoms with Crippen molar-refractivity contribution in [2.75, 3.05) is 11.9 Å². The first-order valence-corrected chi connectivity index (χ1v) is 8.11. The second kappa shape index (κ2) is 8.71. The Kier molecular flexibility index (Phi) is 6.63. The van der Waals surface area contributed by atoms with Gasteiger partial charge in [0.25, 0.3) is 0 Å². The van der Waals surface area contributed by atoms with Crippen LogP contribution in [-0.2, 0) is 22.2 Å². The van der Waals surface area contributed by atoms with Gasteiger partial charge in [-0.3, -0.25) is 9.59 Å². The molecule has 0 aromatic heterocycles. The summed E-state index contributed by atoms with van der Waals surface area (Å²) >= 11 is 5.57. The molecule has 0 aliphatic carbocycles. The molecule has 2 aromatic rings. The highest BCUT2D eigenvalue weighted by molar-refractivity contribution is 6.30. The minimum absolute atomic E-state index is 0.103. The van der Waals surface area contributed by atoms with Crippen LogP contribution in [0.25, 0.3) is 0 Å². The van der Waals surface area contributed by atoms with Crippen LogP contribution in [0.5, 0.6) is 0 Å². The molecule has 2 N–H and O–H groups in total. The molecule has 2 aromatic carbocycles. The second-order valence-corrected chi connectivity index (χ2v) is 5.93. The third-order valence-electron chi connectivity index (χ3n) is 3.46. The van der Waals surface area contributed by atoms with Gasteiger partial charge in [0.05, 0.1) is 11.3 Å². The lowest BCUT2D eigenvalue weighted by molar-refractivity contribution is -0.137. The summed E-state index contributed by atoms with van der Waals surface area (Å²) in [6.07, 6.45) is -4.66. The maximum absolute atomic E-state index is 13.0. The van der Waals surface area contributed by atoms with Gasteiger partial charge in [0.15, 0.2) is 0 Å². The van der Waals surface area contributed by atoms with Gasteiger partial charge in [-0.1, -0.05) is 41.9 Å². The van der Waals surface area contributed by atoms with E-state index in [1.165, 1.54) is 6.07 Å². The second-order valence-electron chi connectivity index (χ2n) is 5.50. The van der Waals surface area contributed by atoms with Crippen LogP contribution in [-0.4, -0.2) is 18.4 Å². The fourth-order valence-electron chi connectivity index (χ4n) is 2.25. The number of nitrogens with one attached hydrogen (secondary N) is 2. The summed E-state index contributed by atoms with van der Waals surface area (Å²) in [5.41, 5.74) is -0.486. The van der Waals surface area contributed by atoms with Crippen LogP contribution in [0, 0.1) is 0 Å². The van der Waals surface area contributed by atoms with Crippen LogP contribution in [0.3, 0.4) is 0 Å². The van der Waals surface area contributed by atoms with Gasteiger partial charge in [0.2, 0.25) is 11.8 Å². The van der Waals surface area contributed by atoms with Crippen molar-refractivity contribution in [2.45, 2.75) is 19.0 Å². The molecule has 0 atom stereocenters. The molecule has 26 heavy (non-hydrogen) atoms. The molecule has 0 aliphatic heterocycles. The minimum atomic E-state index is -4.68. The van der Waals surface area contributed by atoms with E-state index in [2.05, 4.69) is 10.6 Å². The molecule has 0 fully saturated rings. The molecule has 0 aliphatic rings. The molecule has 0 spiro atoms. The Morgan fingerprint density at radius 1 is 1.00 bits per heavy atom. The van der Waals surface area contributed by atoms with Gasteiger partial charge >= 0.3 is 6.18 Å². The number of amides is 2. The van der Waals surface area contributed by atoms with Crippen molar-refractivity contribution in [3.05, 3.63) is 64.7 Å². The summed E-state index contributed by atoms with van der Waals surface area (Å²) in [5, 5.41) is 4.56. The first kappa shape index (κ1) is 19.8. The largest absolute Gasteiger partial charge is 0.418 e. The van der Waals surface area contributed by atoms with Gasteiger partial charge in [-0.05, 0) is 30.2 Å². The summed E-state index contributed by atoms with van der Waals surface area (Å²) in [6.45, 7) is 0.324. The molecule has 2 amide bonds. The number of carbonyl (C=O) groups is 2. The van der Waals surface area contributed by atoms with Gasteiger partial charge in [-0.25, -0.2) is 0 Å². The fraction of sp³-hybridized carbons (Fsp3) is 0.222. The van der Waals surface area contributed by atoms with E-state index in [0.29, 0.717) is 13.0 Å². The number of carbonyl (C=O) groups excluding carboxylic acids is 2. The van der Waals surface area contributed by atoms with Crippen molar-refractivity contribution in [3.63, 3.8) is 0 Å². The highest BCUT2D eigenvalue weighted by Crippen LogP contribution is 2.36. The highest BCUT2D eigenvalue weighted by atomic mass is 35.5. The van der Waals surface area contributed by atoms with Crippen LogP contribution < -0.4 is 10.6 Å². The molecule has 0 heterocycles. The molecule has 0 saturated heterocycles. The van der Waals surface area contributed by atoms with Crippen molar-refractivity contribution < 1.29 is 22.8 Å². The Morgan fingerprint density at radius 2 is 1.69 bits per heavy atom. The van der Waals surface area contributed by atoms with Crippen molar-refractivity contribution in [2.24, 2.45) is 0 Å².